The second-order valence-electron chi connectivity index (χ2n) is 5.92. The van der Waals surface area contributed by atoms with Crippen molar-refractivity contribution in [2.24, 2.45) is 4.99 Å². The molecule has 9 heteroatoms. The Labute approximate surface area is 178 Å². The molecule has 1 aliphatic rings. The lowest BCUT2D eigenvalue weighted by atomic mass is 10.3. The fraction of sp³-hybridized carbons (Fsp3) is 0.412. The van der Waals surface area contributed by atoms with Crippen molar-refractivity contribution in [3.05, 3.63) is 41.0 Å². The van der Waals surface area contributed by atoms with E-state index in [2.05, 4.69) is 55.1 Å². The van der Waals surface area contributed by atoms with Crippen LogP contribution in [0.3, 0.4) is 0 Å². The predicted octanol–water partition coefficient (Wildman–Crippen LogP) is 3.36. The molecule has 0 atom stereocenters. The first kappa shape index (κ1) is 19.4. The fourth-order valence-corrected chi connectivity index (χ4v) is 4.53. The molecule has 0 radical (unpaired) electrons. The van der Waals surface area contributed by atoms with Gasteiger partial charge in [0.25, 0.3) is 0 Å². The number of rotatable bonds is 4. The number of hydrogen-bond donors (Lipinski definition) is 1. The number of aliphatic imine (C=N–C) groups is 1. The number of piperazine rings is 1. The molecule has 1 fully saturated rings. The number of guanidine groups is 1. The third-order valence-corrected chi connectivity index (χ3v) is 5.97. The van der Waals surface area contributed by atoms with Gasteiger partial charge in [-0.1, -0.05) is 0 Å². The van der Waals surface area contributed by atoms with Crippen LogP contribution in [0.5, 0.6) is 0 Å². The third kappa shape index (κ3) is 4.32. The maximum Gasteiger partial charge on any atom is 0.194 e. The van der Waals surface area contributed by atoms with E-state index in [-0.39, 0.29) is 24.0 Å². The molecule has 0 amide bonds. The Hall–Kier alpha value is -1.33. The van der Waals surface area contributed by atoms with Crippen molar-refractivity contribution in [2.45, 2.75) is 13.5 Å². The number of aromatic nitrogens is 2. The Morgan fingerprint density at radius 2 is 2.08 bits per heavy atom. The standard InChI is InChI=1S/C17H22N6S2.HI/c1-2-18-16(19-12-14-13-23-9-11-25-17(23)20-14)22-7-5-21(6-8-22)15-4-3-10-24-15;/h3-4,9-11,13H,2,5-8,12H2,1H3,(H,18,19);1H. The molecule has 3 aromatic rings. The topological polar surface area (TPSA) is 48.2 Å². The molecule has 3 aromatic heterocycles. The summed E-state index contributed by atoms with van der Waals surface area (Å²) in [5, 5.41) is 8.98. The summed E-state index contributed by atoms with van der Waals surface area (Å²) in [6.45, 7) is 7.65. The number of nitrogens with one attached hydrogen (secondary N) is 1. The number of imidazole rings is 1. The Morgan fingerprint density at radius 3 is 2.77 bits per heavy atom. The monoisotopic (exact) mass is 502 g/mol. The molecular formula is C17H23IN6S2. The Kier molecular flexibility index (Phi) is 6.76. The van der Waals surface area contributed by atoms with Crippen LogP contribution in [-0.2, 0) is 6.54 Å². The minimum atomic E-state index is 0. The van der Waals surface area contributed by atoms with Gasteiger partial charge in [-0.15, -0.1) is 46.7 Å². The first-order valence-electron chi connectivity index (χ1n) is 8.56. The van der Waals surface area contributed by atoms with E-state index in [0.29, 0.717) is 6.54 Å². The largest absolute Gasteiger partial charge is 0.360 e. The molecule has 0 saturated carbocycles. The predicted molar refractivity (Wildman–Crippen MR) is 121 cm³/mol. The molecule has 1 N–H and O–H groups in total. The molecule has 4 heterocycles. The smallest absolute Gasteiger partial charge is 0.194 e. The zero-order chi connectivity index (χ0) is 17.1. The van der Waals surface area contributed by atoms with Gasteiger partial charge < -0.3 is 15.1 Å². The van der Waals surface area contributed by atoms with Crippen LogP contribution in [0.15, 0.2) is 40.3 Å². The highest BCUT2D eigenvalue weighted by Gasteiger charge is 2.20. The lowest BCUT2D eigenvalue weighted by Crippen LogP contribution is -2.52. The molecule has 1 aliphatic heterocycles. The van der Waals surface area contributed by atoms with Gasteiger partial charge in [-0.3, -0.25) is 4.40 Å². The SMILES string of the molecule is CCNC(=NCc1cn2ccsc2n1)N1CCN(c2cccs2)CC1.I. The Balaban J connectivity index is 0.00000196. The number of halogens is 1. The summed E-state index contributed by atoms with van der Waals surface area (Å²) in [5.41, 5.74) is 1.01. The summed E-state index contributed by atoms with van der Waals surface area (Å²) in [4.78, 5) is 15.3. The minimum absolute atomic E-state index is 0. The zero-order valence-electron chi connectivity index (χ0n) is 14.7. The van der Waals surface area contributed by atoms with Crippen LogP contribution >= 0.6 is 46.7 Å². The number of thiophene rings is 1. The van der Waals surface area contributed by atoms with Crippen molar-refractivity contribution in [1.82, 2.24) is 19.6 Å². The van der Waals surface area contributed by atoms with Crippen LogP contribution in [0.1, 0.15) is 12.6 Å². The molecular weight excluding hydrogens is 479 g/mol. The molecule has 140 valence electrons. The van der Waals surface area contributed by atoms with Gasteiger partial charge in [0.05, 0.1) is 17.2 Å². The summed E-state index contributed by atoms with van der Waals surface area (Å²) >= 11 is 3.46. The molecule has 0 aliphatic carbocycles. The van der Waals surface area contributed by atoms with E-state index >= 15 is 0 Å². The highest BCUT2D eigenvalue weighted by molar-refractivity contribution is 14.0. The van der Waals surface area contributed by atoms with Gasteiger partial charge in [-0.25, -0.2) is 9.98 Å². The molecule has 0 unspecified atom stereocenters. The van der Waals surface area contributed by atoms with Gasteiger partial charge in [-0.05, 0) is 24.4 Å². The van der Waals surface area contributed by atoms with E-state index in [9.17, 15) is 0 Å². The van der Waals surface area contributed by atoms with Gasteiger partial charge in [0, 0.05) is 50.5 Å². The quantitative estimate of drug-likeness (QED) is 0.338. The molecule has 0 bridgehead atoms. The van der Waals surface area contributed by atoms with Crippen LogP contribution in [0.4, 0.5) is 5.00 Å². The zero-order valence-corrected chi connectivity index (χ0v) is 18.6. The van der Waals surface area contributed by atoms with E-state index in [4.69, 9.17) is 4.99 Å². The van der Waals surface area contributed by atoms with E-state index in [1.54, 1.807) is 11.3 Å². The van der Waals surface area contributed by atoms with Crippen molar-refractivity contribution >= 4 is 62.6 Å². The molecule has 4 rings (SSSR count). The first-order valence-corrected chi connectivity index (χ1v) is 10.3. The third-order valence-electron chi connectivity index (χ3n) is 4.27. The van der Waals surface area contributed by atoms with Crippen LogP contribution < -0.4 is 10.2 Å². The van der Waals surface area contributed by atoms with Gasteiger partial charge >= 0.3 is 0 Å². The van der Waals surface area contributed by atoms with Gasteiger partial charge in [-0.2, -0.15) is 0 Å². The van der Waals surface area contributed by atoms with E-state index < -0.39 is 0 Å². The lowest BCUT2D eigenvalue weighted by molar-refractivity contribution is 0.373. The number of nitrogens with zero attached hydrogens (tertiary/aromatic N) is 5. The average molecular weight is 502 g/mol. The highest BCUT2D eigenvalue weighted by atomic mass is 127. The van der Waals surface area contributed by atoms with Crippen molar-refractivity contribution in [3.63, 3.8) is 0 Å². The molecule has 1 saturated heterocycles. The summed E-state index contributed by atoms with van der Waals surface area (Å²) in [6, 6.07) is 4.32. The normalized spacial score (nSPS) is 15.3. The number of anilines is 1. The van der Waals surface area contributed by atoms with Crippen molar-refractivity contribution in [1.29, 1.82) is 0 Å². The molecule has 6 nitrogen and oxygen atoms in total. The van der Waals surface area contributed by atoms with Crippen molar-refractivity contribution in [3.8, 4) is 0 Å². The second-order valence-corrected chi connectivity index (χ2v) is 7.72. The summed E-state index contributed by atoms with van der Waals surface area (Å²) in [5.74, 6) is 0.990. The van der Waals surface area contributed by atoms with Crippen molar-refractivity contribution in [2.75, 3.05) is 37.6 Å². The minimum Gasteiger partial charge on any atom is -0.360 e. The molecule has 0 aromatic carbocycles. The Morgan fingerprint density at radius 1 is 1.23 bits per heavy atom. The van der Waals surface area contributed by atoms with E-state index in [1.165, 1.54) is 5.00 Å². The van der Waals surface area contributed by atoms with E-state index in [1.807, 2.05) is 22.9 Å². The van der Waals surface area contributed by atoms with Crippen LogP contribution in [0.25, 0.3) is 4.96 Å². The number of fused-ring (bicyclic) bond motifs is 1. The highest BCUT2D eigenvalue weighted by Crippen LogP contribution is 2.22. The Bertz CT molecular complexity index is 804. The fourth-order valence-electron chi connectivity index (χ4n) is 3.02. The van der Waals surface area contributed by atoms with Crippen LogP contribution in [0.2, 0.25) is 0 Å². The molecule has 26 heavy (non-hydrogen) atoms. The lowest BCUT2D eigenvalue weighted by Gasteiger charge is -2.37. The van der Waals surface area contributed by atoms with Crippen molar-refractivity contribution < 1.29 is 0 Å². The second kappa shape index (κ2) is 9.05. The van der Waals surface area contributed by atoms with Crippen LogP contribution in [0, 0.1) is 0 Å². The number of thiazole rings is 1. The summed E-state index contributed by atoms with van der Waals surface area (Å²) < 4.78 is 2.06. The molecule has 0 spiro atoms. The summed E-state index contributed by atoms with van der Waals surface area (Å²) in [6.07, 6.45) is 4.10. The maximum absolute atomic E-state index is 4.81. The van der Waals surface area contributed by atoms with Gasteiger partial charge in [0.15, 0.2) is 10.9 Å². The maximum atomic E-state index is 4.81. The average Bonchev–Trinajstić information content (AvgIpc) is 3.35. The summed E-state index contributed by atoms with van der Waals surface area (Å²) in [7, 11) is 0. The van der Waals surface area contributed by atoms with Gasteiger partial charge in [0.1, 0.15) is 0 Å². The first-order chi connectivity index (χ1) is 12.3. The number of hydrogen-bond acceptors (Lipinski definition) is 5. The van der Waals surface area contributed by atoms with Gasteiger partial charge in [0.2, 0.25) is 0 Å². The van der Waals surface area contributed by atoms with Crippen LogP contribution in [-0.4, -0.2) is 53.0 Å². The van der Waals surface area contributed by atoms with E-state index in [0.717, 1.165) is 49.3 Å².